The number of benzene rings is 1. The van der Waals surface area contributed by atoms with Gasteiger partial charge in [-0.25, -0.2) is 4.79 Å². The first-order valence-corrected chi connectivity index (χ1v) is 9.97. The van der Waals surface area contributed by atoms with E-state index in [4.69, 9.17) is 9.47 Å². The van der Waals surface area contributed by atoms with E-state index in [1.807, 2.05) is 32.9 Å². The molecule has 150 valence electrons. The molecule has 0 aliphatic carbocycles. The number of carbonyl (C=O) groups is 1. The van der Waals surface area contributed by atoms with Crippen molar-refractivity contribution in [2.45, 2.75) is 45.3 Å². The first-order valence-electron chi connectivity index (χ1n) is 9.97. The Morgan fingerprint density at radius 2 is 1.81 bits per heavy atom. The normalized spacial score (nSPS) is 19.8. The quantitative estimate of drug-likeness (QED) is 0.817. The Morgan fingerprint density at radius 1 is 1.15 bits per heavy atom. The maximum atomic E-state index is 12.8. The third-order valence-electron chi connectivity index (χ3n) is 5.08. The molecule has 2 saturated heterocycles. The minimum absolute atomic E-state index is 0.272. The Morgan fingerprint density at radius 3 is 2.44 bits per heavy atom. The number of nitrogens with one attached hydrogen (secondary N) is 1. The molecular formula is C21H33N3O3. The molecule has 0 radical (unpaired) electrons. The molecule has 0 spiro atoms. The fourth-order valence-electron chi connectivity index (χ4n) is 3.55. The summed E-state index contributed by atoms with van der Waals surface area (Å²) in [6.07, 6.45) is 2.15. The van der Waals surface area contributed by atoms with Crippen molar-refractivity contribution < 1.29 is 14.3 Å². The van der Waals surface area contributed by atoms with Crippen LogP contribution < -0.4 is 10.2 Å². The lowest BCUT2D eigenvalue weighted by atomic mass is 10.0. The predicted molar refractivity (Wildman–Crippen MR) is 109 cm³/mol. The number of ether oxygens (including phenoxy) is 2. The summed E-state index contributed by atoms with van der Waals surface area (Å²) in [4.78, 5) is 17.4. The summed E-state index contributed by atoms with van der Waals surface area (Å²) in [6.45, 7) is 11.1. The number of likely N-dealkylation sites (tertiary alicyclic amines) is 1. The Hall–Kier alpha value is -1.79. The summed E-state index contributed by atoms with van der Waals surface area (Å²) < 4.78 is 11.1. The van der Waals surface area contributed by atoms with Crippen LogP contribution in [0.2, 0.25) is 0 Å². The van der Waals surface area contributed by atoms with Crippen LogP contribution in [-0.2, 0) is 9.47 Å². The van der Waals surface area contributed by atoms with Crippen molar-refractivity contribution in [2.75, 3.05) is 56.7 Å². The number of hydrogen-bond donors (Lipinski definition) is 1. The molecule has 1 N–H and O–H groups in total. The van der Waals surface area contributed by atoms with Crippen LogP contribution in [0.5, 0.6) is 0 Å². The van der Waals surface area contributed by atoms with E-state index in [9.17, 15) is 4.79 Å². The molecule has 1 aromatic carbocycles. The Kier molecular flexibility index (Phi) is 6.27. The summed E-state index contributed by atoms with van der Waals surface area (Å²) in [5.74, 6) is -0.272. The molecule has 2 aliphatic heterocycles. The molecule has 0 amide bonds. The number of esters is 1. The monoisotopic (exact) mass is 375 g/mol. The van der Waals surface area contributed by atoms with E-state index in [1.54, 1.807) is 0 Å². The molecule has 6 heteroatoms. The van der Waals surface area contributed by atoms with Gasteiger partial charge in [0.25, 0.3) is 0 Å². The molecule has 1 aromatic rings. The molecule has 2 heterocycles. The molecule has 6 nitrogen and oxygen atoms in total. The minimum atomic E-state index is -0.509. The zero-order valence-electron chi connectivity index (χ0n) is 17.1. The lowest BCUT2D eigenvalue weighted by Crippen LogP contribution is -2.38. The SMILES string of the molecule is CN1CCC(Nc2cc(N3CCOCC3)ccc2C(=O)OC(C)(C)C)CC1. The van der Waals surface area contributed by atoms with E-state index >= 15 is 0 Å². The average Bonchev–Trinajstić information content (AvgIpc) is 2.63. The summed E-state index contributed by atoms with van der Waals surface area (Å²) in [6, 6.07) is 6.39. The van der Waals surface area contributed by atoms with Crippen LogP contribution in [0, 0.1) is 0 Å². The van der Waals surface area contributed by atoms with Crippen LogP contribution in [0.3, 0.4) is 0 Å². The summed E-state index contributed by atoms with van der Waals surface area (Å²) in [5, 5.41) is 3.63. The average molecular weight is 376 g/mol. The van der Waals surface area contributed by atoms with Gasteiger partial charge in [0.2, 0.25) is 0 Å². The van der Waals surface area contributed by atoms with Crippen LogP contribution in [0.4, 0.5) is 11.4 Å². The lowest BCUT2D eigenvalue weighted by molar-refractivity contribution is 0.00706. The third-order valence-corrected chi connectivity index (χ3v) is 5.08. The second kappa shape index (κ2) is 8.48. The van der Waals surface area contributed by atoms with Gasteiger partial charge >= 0.3 is 5.97 Å². The zero-order valence-corrected chi connectivity index (χ0v) is 17.1. The molecule has 0 saturated carbocycles. The van der Waals surface area contributed by atoms with E-state index < -0.39 is 5.60 Å². The zero-order chi connectivity index (χ0) is 19.4. The highest BCUT2D eigenvalue weighted by atomic mass is 16.6. The first-order chi connectivity index (χ1) is 12.8. The number of nitrogens with zero attached hydrogens (tertiary/aromatic N) is 2. The molecular weight excluding hydrogens is 342 g/mol. The van der Waals surface area contributed by atoms with Gasteiger partial charge in [0.15, 0.2) is 0 Å². The smallest absolute Gasteiger partial charge is 0.340 e. The maximum absolute atomic E-state index is 12.8. The van der Waals surface area contributed by atoms with Gasteiger partial charge in [0.1, 0.15) is 5.60 Å². The molecule has 0 unspecified atom stereocenters. The molecule has 3 rings (SSSR count). The van der Waals surface area contributed by atoms with E-state index in [0.29, 0.717) is 11.6 Å². The number of rotatable bonds is 4. The van der Waals surface area contributed by atoms with Crippen LogP contribution in [0.1, 0.15) is 44.0 Å². The van der Waals surface area contributed by atoms with Gasteiger partial charge in [-0.2, -0.15) is 0 Å². The lowest BCUT2D eigenvalue weighted by Gasteiger charge is -2.32. The Labute approximate surface area is 162 Å². The van der Waals surface area contributed by atoms with E-state index in [1.165, 1.54) is 0 Å². The van der Waals surface area contributed by atoms with Crippen LogP contribution in [0.15, 0.2) is 18.2 Å². The van der Waals surface area contributed by atoms with Crippen molar-refractivity contribution >= 4 is 17.3 Å². The molecule has 2 fully saturated rings. The topological polar surface area (TPSA) is 54.0 Å². The summed E-state index contributed by atoms with van der Waals surface area (Å²) in [5.41, 5.74) is 2.11. The highest BCUT2D eigenvalue weighted by Crippen LogP contribution is 2.28. The molecule has 0 aromatic heterocycles. The third kappa shape index (κ3) is 5.59. The molecule has 0 atom stereocenters. The van der Waals surface area contributed by atoms with Crippen molar-refractivity contribution in [3.8, 4) is 0 Å². The number of hydrogen-bond acceptors (Lipinski definition) is 6. The number of anilines is 2. The van der Waals surface area contributed by atoms with Crippen molar-refractivity contribution in [3.63, 3.8) is 0 Å². The summed E-state index contributed by atoms with van der Waals surface area (Å²) in [7, 11) is 2.15. The number of morpholine rings is 1. The van der Waals surface area contributed by atoms with Gasteiger partial charge in [-0.05, 0) is 71.9 Å². The van der Waals surface area contributed by atoms with Crippen LogP contribution >= 0.6 is 0 Å². The first kappa shape index (κ1) is 20.0. The Bertz CT molecular complexity index is 643. The Balaban J connectivity index is 1.83. The minimum Gasteiger partial charge on any atom is -0.456 e. The van der Waals surface area contributed by atoms with Crippen molar-refractivity contribution in [2.24, 2.45) is 0 Å². The fraction of sp³-hybridized carbons (Fsp3) is 0.667. The van der Waals surface area contributed by atoms with E-state index in [2.05, 4.69) is 28.2 Å². The van der Waals surface area contributed by atoms with Gasteiger partial charge in [0, 0.05) is 24.8 Å². The van der Waals surface area contributed by atoms with Gasteiger partial charge in [0.05, 0.1) is 24.5 Å². The van der Waals surface area contributed by atoms with Crippen molar-refractivity contribution in [1.82, 2.24) is 4.90 Å². The maximum Gasteiger partial charge on any atom is 0.340 e. The predicted octanol–water partition coefficient (Wildman–Crippen LogP) is 2.98. The van der Waals surface area contributed by atoms with Gasteiger partial charge in [-0.15, -0.1) is 0 Å². The fourth-order valence-corrected chi connectivity index (χ4v) is 3.55. The molecule has 0 bridgehead atoms. The second-order valence-corrected chi connectivity index (χ2v) is 8.55. The van der Waals surface area contributed by atoms with Gasteiger partial charge < -0.3 is 24.6 Å². The highest BCUT2D eigenvalue weighted by Gasteiger charge is 2.24. The van der Waals surface area contributed by atoms with Crippen molar-refractivity contribution in [3.05, 3.63) is 23.8 Å². The van der Waals surface area contributed by atoms with Crippen molar-refractivity contribution in [1.29, 1.82) is 0 Å². The highest BCUT2D eigenvalue weighted by molar-refractivity contribution is 5.96. The summed E-state index contributed by atoms with van der Waals surface area (Å²) >= 11 is 0. The van der Waals surface area contributed by atoms with Gasteiger partial charge in [-0.3, -0.25) is 0 Å². The van der Waals surface area contributed by atoms with Crippen LogP contribution in [0.25, 0.3) is 0 Å². The molecule has 27 heavy (non-hydrogen) atoms. The van der Waals surface area contributed by atoms with E-state index in [0.717, 1.165) is 63.6 Å². The second-order valence-electron chi connectivity index (χ2n) is 8.55. The number of carbonyl (C=O) groups excluding carboxylic acids is 1. The largest absolute Gasteiger partial charge is 0.456 e. The standard InChI is InChI=1S/C21H33N3O3/c1-21(2,3)27-20(25)18-6-5-17(24-11-13-26-14-12-24)15-19(18)22-16-7-9-23(4)10-8-16/h5-6,15-16,22H,7-14H2,1-4H3. The van der Waals surface area contributed by atoms with Gasteiger partial charge in [-0.1, -0.05) is 0 Å². The van der Waals surface area contributed by atoms with Crippen LogP contribution in [-0.4, -0.2) is 69.0 Å². The number of piperidine rings is 1. The van der Waals surface area contributed by atoms with E-state index in [-0.39, 0.29) is 5.97 Å². The molecule has 2 aliphatic rings.